The molecule has 5 atom stereocenters. The summed E-state index contributed by atoms with van der Waals surface area (Å²) in [6, 6.07) is 8.49. The van der Waals surface area contributed by atoms with Crippen molar-refractivity contribution in [2.24, 2.45) is 0 Å². The lowest BCUT2D eigenvalue weighted by atomic mass is 9.61. The number of carbonyl (C=O) groups excluding carboxylic acids is 1. The van der Waals surface area contributed by atoms with Gasteiger partial charge >= 0.3 is 0 Å². The van der Waals surface area contributed by atoms with E-state index in [1.54, 1.807) is 6.07 Å². The molecule has 1 fully saturated rings. The number of aliphatic hydroxyl groups excluding tert-OH is 1. The van der Waals surface area contributed by atoms with Gasteiger partial charge in [-0.05, 0) is 57.5 Å². The van der Waals surface area contributed by atoms with Gasteiger partial charge in [-0.15, -0.1) is 0 Å². The first-order chi connectivity index (χ1) is 19.0. The third kappa shape index (κ3) is 4.01. The quantitative estimate of drug-likeness (QED) is 0.337. The van der Waals surface area contributed by atoms with Crippen LogP contribution in [0.25, 0.3) is 22.1 Å². The Morgan fingerprint density at radius 3 is 2.22 bits per heavy atom. The number of hydrogen-bond donors (Lipinski definition) is 4. The molecular weight excluding hydrogens is 540 g/mol. The molecule has 4 N–H and O–H groups in total. The van der Waals surface area contributed by atoms with Gasteiger partial charge in [-0.1, -0.05) is 6.07 Å². The lowest BCUT2D eigenvalue weighted by molar-refractivity contribution is -0.441. The Balaban J connectivity index is 1.60. The first-order valence-electron chi connectivity index (χ1n) is 12.9. The van der Waals surface area contributed by atoms with Crippen LogP contribution in [0.2, 0.25) is 0 Å². The zero-order valence-corrected chi connectivity index (χ0v) is 23.1. The highest BCUT2D eigenvalue weighted by atomic mass is 16.7. The van der Waals surface area contributed by atoms with Crippen molar-refractivity contribution < 1.29 is 53.7 Å². The molecule has 2 aliphatic rings. The molecule has 0 radical (unpaired) electrons. The summed E-state index contributed by atoms with van der Waals surface area (Å²) >= 11 is 0. The molecule has 0 spiro atoms. The summed E-state index contributed by atoms with van der Waals surface area (Å²) in [6.07, 6.45) is 0. The lowest BCUT2D eigenvalue weighted by Crippen LogP contribution is -2.85. The minimum absolute atomic E-state index is 0.0174. The average Bonchev–Trinajstić information content (AvgIpc) is 2.91. The number of aromatic carboxylic acids is 1. The minimum Gasteiger partial charge on any atom is -0.542 e. The summed E-state index contributed by atoms with van der Waals surface area (Å²) in [5.74, 6) is -3.78. The molecule has 0 amide bonds. The maximum Gasteiger partial charge on any atom is 0.240 e. The van der Waals surface area contributed by atoms with Gasteiger partial charge in [0.15, 0.2) is 22.9 Å². The molecule has 12 heteroatoms. The maximum atomic E-state index is 13.6. The minimum atomic E-state index is -2.27. The van der Waals surface area contributed by atoms with Crippen LogP contribution in [0, 0.1) is 0 Å². The molecule has 2 aromatic carbocycles. The third-order valence-corrected chi connectivity index (χ3v) is 8.72. The second kappa shape index (κ2) is 9.16. The van der Waals surface area contributed by atoms with E-state index < -0.39 is 52.0 Å². The van der Waals surface area contributed by atoms with Crippen molar-refractivity contribution in [2.75, 3.05) is 19.8 Å². The number of carbonyl (C=O) groups is 1. The summed E-state index contributed by atoms with van der Waals surface area (Å²) in [7, 11) is 0. The van der Waals surface area contributed by atoms with E-state index in [-0.39, 0.29) is 27.8 Å². The molecule has 12 nitrogen and oxygen atoms in total. The number of benzene rings is 2. The molecule has 0 aliphatic carbocycles. The van der Waals surface area contributed by atoms with E-state index in [4.69, 9.17) is 23.4 Å². The monoisotopic (exact) mass is 571 g/mol. The van der Waals surface area contributed by atoms with Crippen molar-refractivity contribution >= 4 is 16.9 Å². The van der Waals surface area contributed by atoms with E-state index in [2.05, 4.69) is 0 Å². The molecule has 1 saturated heterocycles. The molecule has 3 heterocycles. The summed E-state index contributed by atoms with van der Waals surface area (Å²) in [5.41, 5.74) is -9.32. The Labute approximate surface area is 234 Å². The topological polar surface area (TPSA) is 188 Å². The number of hydrogen-bond acceptors (Lipinski definition) is 12. The van der Waals surface area contributed by atoms with Crippen LogP contribution in [0.3, 0.4) is 0 Å². The Kier molecular flexibility index (Phi) is 6.44. The molecule has 220 valence electrons. The van der Waals surface area contributed by atoms with Crippen LogP contribution in [0.5, 0.6) is 17.2 Å². The third-order valence-electron chi connectivity index (χ3n) is 8.72. The second-order valence-electron chi connectivity index (χ2n) is 11.2. The SMILES string of the molecule is C[C@]1(Oc2ccc3c(=O)c(-c4ccc5c(c4)OCCO5)c(C(=O)[O-])oc3c2)O[C@@](C)(CO)[C@@](C)(O)[C@@](C)(O)[C@@]1(C)O. The highest BCUT2D eigenvalue weighted by Crippen LogP contribution is 2.53. The van der Waals surface area contributed by atoms with Crippen LogP contribution in [0.4, 0.5) is 0 Å². The van der Waals surface area contributed by atoms with Gasteiger partial charge in [0.1, 0.15) is 47.3 Å². The van der Waals surface area contributed by atoms with Crippen LogP contribution in [0.15, 0.2) is 45.6 Å². The molecule has 5 rings (SSSR count). The maximum absolute atomic E-state index is 13.6. The first kappa shape index (κ1) is 28.8. The molecule has 1 aromatic heterocycles. The predicted octanol–water partition coefficient (Wildman–Crippen LogP) is 0.724. The van der Waals surface area contributed by atoms with Crippen molar-refractivity contribution in [3.63, 3.8) is 0 Å². The molecule has 0 saturated carbocycles. The number of carboxylic acids is 1. The number of carboxylic acid groups (broad SMARTS) is 1. The zero-order valence-electron chi connectivity index (χ0n) is 23.1. The number of aliphatic hydroxyl groups is 4. The van der Waals surface area contributed by atoms with Gasteiger partial charge in [0.2, 0.25) is 11.2 Å². The van der Waals surface area contributed by atoms with E-state index in [0.29, 0.717) is 24.7 Å². The number of fused-ring (bicyclic) bond motifs is 2. The Morgan fingerprint density at radius 1 is 0.927 bits per heavy atom. The van der Waals surface area contributed by atoms with Crippen LogP contribution in [0.1, 0.15) is 45.2 Å². The molecule has 3 aromatic rings. The van der Waals surface area contributed by atoms with Gasteiger partial charge in [0, 0.05) is 13.0 Å². The van der Waals surface area contributed by atoms with E-state index >= 15 is 0 Å². The molecular formula is C29H31O12-. The normalized spacial score (nSPS) is 33.0. The largest absolute Gasteiger partial charge is 0.542 e. The van der Waals surface area contributed by atoms with Crippen LogP contribution in [-0.2, 0) is 4.74 Å². The lowest BCUT2D eigenvalue weighted by Gasteiger charge is -2.64. The van der Waals surface area contributed by atoms with Crippen molar-refractivity contribution in [1.29, 1.82) is 0 Å². The fourth-order valence-corrected chi connectivity index (χ4v) is 5.43. The van der Waals surface area contributed by atoms with Crippen molar-refractivity contribution in [1.82, 2.24) is 0 Å². The highest BCUT2D eigenvalue weighted by molar-refractivity contribution is 5.96. The fraction of sp³-hybridized carbons (Fsp3) is 0.448. The highest BCUT2D eigenvalue weighted by Gasteiger charge is 2.75. The van der Waals surface area contributed by atoms with Gasteiger partial charge in [0.05, 0.1) is 17.6 Å². The summed E-state index contributed by atoms with van der Waals surface area (Å²) < 4.78 is 28.6. The van der Waals surface area contributed by atoms with E-state index in [1.165, 1.54) is 65.0 Å². The van der Waals surface area contributed by atoms with E-state index in [1.807, 2.05) is 0 Å². The van der Waals surface area contributed by atoms with Gasteiger partial charge in [-0.25, -0.2) is 0 Å². The van der Waals surface area contributed by atoms with Gasteiger partial charge in [-0.2, -0.15) is 0 Å². The molecule has 0 bridgehead atoms. The van der Waals surface area contributed by atoms with E-state index in [9.17, 15) is 35.1 Å². The first-order valence-corrected chi connectivity index (χ1v) is 12.9. The van der Waals surface area contributed by atoms with Gasteiger partial charge < -0.3 is 53.7 Å². The van der Waals surface area contributed by atoms with Crippen molar-refractivity contribution in [3.8, 4) is 28.4 Å². The standard InChI is InChI=1S/C29H32O12/c1-25(14-30)26(2,34)27(3,35)28(4,36)29(5,41-25)40-16-7-8-17-19(13-16)39-23(24(32)33)21(22(17)31)15-6-9-18-20(12-15)38-11-10-37-18/h6-9,12-13,30,34-36H,10-11,14H2,1-5H3,(H,32,33)/p-1/t25-,26+,27+,28+,29-/m0/s1. The Morgan fingerprint density at radius 2 is 1.59 bits per heavy atom. The summed E-state index contributed by atoms with van der Waals surface area (Å²) in [6.45, 7) is 6.18. The van der Waals surface area contributed by atoms with Gasteiger partial charge in [0.25, 0.3) is 0 Å². The molecule has 2 aliphatic heterocycles. The number of rotatable bonds is 5. The van der Waals surface area contributed by atoms with Crippen molar-refractivity contribution in [3.05, 3.63) is 52.4 Å². The number of ether oxygens (including phenoxy) is 4. The molecule has 41 heavy (non-hydrogen) atoms. The predicted molar refractivity (Wildman–Crippen MR) is 141 cm³/mol. The van der Waals surface area contributed by atoms with Crippen LogP contribution >= 0.6 is 0 Å². The van der Waals surface area contributed by atoms with Crippen LogP contribution in [-0.4, -0.2) is 74.4 Å². The Bertz CT molecular complexity index is 1600. The van der Waals surface area contributed by atoms with Gasteiger partial charge in [-0.3, -0.25) is 4.79 Å². The van der Waals surface area contributed by atoms with Crippen molar-refractivity contribution in [2.45, 2.75) is 62.8 Å². The van der Waals surface area contributed by atoms with Crippen LogP contribution < -0.4 is 24.7 Å². The summed E-state index contributed by atoms with van der Waals surface area (Å²) in [4.78, 5) is 25.6. The smallest absolute Gasteiger partial charge is 0.240 e. The Hall–Kier alpha value is -3.68. The zero-order chi connectivity index (χ0) is 30.2. The fourth-order valence-electron chi connectivity index (χ4n) is 5.43. The average molecular weight is 572 g/mol. The summed E-state index contributed by atoms with van der Waals surface area (Å²) in [5, 5.41) is 56.1. The van der Waals surface area contributed by atoms with E-state index in [0.717, 1.165) is 0 Å². The molecule has 0 unspecified atom stereocenters. The second-order valence-corrected chi connectivity index (χ2v) is 11.2.